The molecule has 1 N–H and O–H groups in total. The van der Waals surface area contributed by atoms with Crippen LogP contribution in [-0.2, 0) is 17.9 Å². The number of fused-ring (bicyclic) bond motifs is 2. The molecule has 7 nitrogen and oxygen atoms in total. The second kappa shape index (κ2) is 12.7. The van der Waals surface area contributed by atoms with Gasteiger partial charge in [0.25, 0.3) is 5.91 Å². The van der Waals surface area contributed by atoms with Crippen molar-refractivity contribution in [1.29, 1.82) is 0 Å². The molecule has 0 aliphatic rings. The van der Waals surface area contributed by atoms with Gasteiger partial charge in [0.15, 0.2) is 5.43 Å². The lowest BCUT2D eigenvalue weighted by molar-refractivity contribution is -0.121. The molecule has 0 bridgehead atoms. The van der Waals surface area contributed by atoms with Crippen LogP contribution in [0.4, 0.5) is 5.69 Å². The quantitative estimate of drug-likeness (QED) is 0.121. The Morgan fingerprint density at radius 1 is 0.927 bits per heavy atom. The lowest BCUT2D eigenvalue weighted by Gasteiger charge is -2.22. The first-order valence-corrected chi connectivity index (χ1v) is 13.9. The number of carbonyl (C=O) groups is 1. The monoisotopic (exact) mass is 566 g/mol. The minimum Gasteiger partial charge on any atom is -0.488 e. The molecular weight excluding hydrogens is 536 g/mol. The number of halogens is 1. The van der Waals surface area contributed by atoms with Gasteiger partial charge in [0.2, 0.25) is 0 Å². The number of hydrazone groups is 1. The summed E-state index contributed by atoms with van der Waals surface area (Å²) >= 11 is 6.03. The van der Waals surface area contributed by atoms with Crippen molar-refractivity contribution < 1.29 is 9.53 Å². The van der Waals surface area contributed by atoms with E-state index >= 15 is 0 Å². The third kappa shape index (κ3) is 6.26. The molecule has 0 aliphatic carbocycles. The molecule has 0 fully saturated rings. The fourth-order valence-corrected chi connectivity index (χ4v) is 5.01. The van der Waals surface area contributed by atoms with E-state index in [1.165, 1.54) is 0 Å². The van der Waals surface area contributed by atoms with Gasteiger partial charge < -0.3 is 14.2 Å². The predicted octanol–water partition coefficient (Wildman–Crippen LogP) is 6.38. The summed E-state index contributed by atoms with van der Waals surface area (Å²) in [5.74, 6) is 0.336. The van der Waals surface area contributed by atoms with E-state index in [1.807, 2.05) is 83.4 Å². The van der Waals surface area contributed by atoms with E-state index in [4.69, 9.17) is 16.3 Å². The standard InChI is InChI=1S/C33H31ClN4O3/c1-3-37(4-2)26-18-15-24(31(19-26)41-22-23-13-16-25(34)17-14-23)20-35-36-32(39)21-38-29-11-7-5-9-27(29)33(40)28-10-6-8-12-30(28)38/h5-20H,3-4,21-22H2,1-2H3,(H,36,39). The number of pyridine rings is 1. The summed E-state index contributed by atoms with van der Waals surface area (Å²) < 4.78 is 8.04. The first-order valence-electron chi connectivity index (χ1n) is 13.6. The molecule has 1 amide bonds. The maximum atomic E-state index is 13.0. The van der Waals surface area contributed by atoms with Crippen LogP contribution in [0.3, 0.4) is 0 Å². The van der Waals surface area contributed by atoms with Gasteiger partial charge in [-0.2, -0.15) is 5.10 Å². The summed E-state index contributed by atoms with van der Waals surface area (Å²) in [6, 6.07) is 28.1. The van der Waals surface area contributed by atoms with Crippen molar-refractivity contribution in [2.45, 2.75) is 27.0 Å². The van der Waals surface area contributed by atoms with Gasteiger partial charge >= 0.3 is 0 Å². The van der Waals surface area contributed by atoms with Crippen molar-refractivity contribution in [2.75, 3.05) is 18.0 Å². The molecule has 8 heteroatoms. The molecule has 0 aliphatic heterocycles. The molecule has 4 aromatic carbocycles. The van der Waals surface area contributed by atoms with E-state index in [0.717, 1.165) is 29.9 Å². The van der Waals surface area contributed by atoms with Crippen LogP contribution in [0.15, 0.2) is 101 Å². The van der Waals surface area contributed by atoms with E-state index in [0.29, 0.717) is 39.2 Å². The Kier molecular flexibility index (Phi) is 8.65. The van der Waals surface area contributed by atoms with E-state index in [-0.39, 0.29) is 17.9 Å². The Hall–Kier alpha value is -4.62. The zero-order chi connectivity index (χ0) is 28.8. The maximum absolute atomic E-state index is 13.0. The highest BCUT2D eigenvalue weighted by molar-refractivity contribution is 6.30. The van der Waals surface area contributed by atoms with Crippen molar-refractivity contribution in [1.82, 2.24) is 9.99 Å². The van der Waals surface area contributed by atoms with Gasteiger partial charge in [0, 0.05) is 46.2 Å². The van der Waals surface area contributed by atoms with Crippen molar-refractivity contribution >= 4 is 51.2 Å². The lowest BCUT2D eigenvalue weighted by atomic mass is 10.1. The van der Waals surface area contributed by atoms with Crippen LogP contribution in [-0.4, -0.2) is 29.8 Å². The average Bonchev–Trinajstić information content (AvgIpc) is 3.00. The highest BCUT2D eigenvalue weighted by atomic mass is 35.5. The number of para-hydroxylation sites is 2. The molecule has 0 unspecified atom stereocenters. The van der Waals surface area contributed by atoms with E-state index in [2.05, 4.69) is 29.3 Å². The molecule has 1 heterocycles. The smallest absolute Gasteiger partial charge is 0.260 e. The van der Waals surface area contributed by atoms with Crippen molar-refractivity contribution in [3.8, 4) is 5.75 Å². The highest BCUT2D eigenvalue weighted by Gasteiger charge is 2.13. The summed E-state index contributed by atoms with van der Waals surface area (Å²) in [5, 5.41) is 6.05. The highest BCUT2D eigenvalue weighted by Crippen LogP contribution is 2.26. The largest absolute Gasteiger partial charge is 0.488 e. The number of hydrogen-bond donors (Lipinski definition) is 1. The van der Waals surface area contributed by atoms with Gasteiger partial charge in [-0.05, 0) is 67.9 Å². The molecule has 0 atom stereocenters. The molecule has 5 aromatic rings. The van der Waals surface area contributed by atoms with Crippen molar-refractivity contribution in [3.63, 3.8) is 0 Å². The zero-order valence-electron chi connectivity index (χ0n) is 23.0. The van der Waals surface area contributed by atoms with Crippen molar-refractivity contribution in [3.05, 3.63) is 117 Å². The molecule has 0 spiro atoms. The zero-order valence-corrected chi connectivity index (χ0v) is 23.8. The van der Waals surface area contributed by atoms with Crippen LogP contribution < -0.4 is 20.5 Å². The van der Waals surface area contributed by atoms with Gasteiger partial charge in [-0.25, -0.2) is 5.43 Å². The van der Waals surface area contributed by atoms with Gasteiger partial charge in [-0.1, -0.05) is 48.0 Å². The second-order valence-electron chi connectivity index (χ2n) is 9.55. The van der Waals surface area contributed by atoms with Crippen LogP contribution in [0.2, 0.25) is 5.02 Å². The number of benzene rings is 4. The maximum Gasteiger partial charge on any atom is 0.260 e. The Balaban J connectivity index is 1.38. The van der Waals surface area contributed by atoms with Gasteiger partial charge in [-0.3, -0.25) is 9.59 Å². The number of amides is 1. The number of rotatable bonds is 10. The normalized spacial score (nSPS) is 11.3. The fourth-order valence-electron chi connectivity index (χ4n) is 4.88. The summed E-state index contributed by atoms with van der Waals surface area (Å²) in [6.07, 6.45) is 1.59. The van der Waals surface area contributed by atoms with Crippen molar-refractivity contribution in [2.24, 2.45) is 5.10 Å². The molecule has 1 aromatic heterocycles. The molecule has 0 saturated heterocycles. The Morgan fingerprint density at radius 3 is 2.20 bits per heavy atom. The number of aromatic nitrogens is 1. The number of hydrogen-bond acceptors (Lipinski definition) is 5. The summed E-state index contributed by atoms with van der Waals surface area (Å²) in [4.78, 5) is 28.3. The first kappa shape index (κ1) is 27.9. The Bertz CT molecular complexity index is 1720. The molecule has 5 rings (SSSR count). The molecule has 208 valence electrons. The number of carbonyl (C=O) groups excluding carboxylic acids is 1. The molecule has 0 saturated carbocycles. The van der Waals surface area contributed by atoms with Crippen LogP contribution in [0.25, 0.3) is 21.8 Å². The second-order valence-corrected chi connectivity index (χ2v) is 9.99. The van der Waals surface area contributed by atoms with Gasteiger partial charge in [-0.15, -0.1) is 0 Å². The lowest BCUT2D eigenvalue weighted by Crippen LogP contribution is -2.25. The number of anilines is 1. The summed E-state index contributed by atoms with van der Waals surface area (Å²) in [7, 11) is 0. The van der Waals surface area contributed by atoms with Crippen LogP contribution in [0, 0.1) is 0 Å². The molecular formula is C33H31ClN4O3. The first-order chi connectivity index (χ1) is 20.0. The third-order valence-electron chi connectivity index (χ3n) is 7.01. The molecule has 0 radical (unpaired) electrons. The summed E-state index contributed by atoms with van der Waals surface area (Å²) in [6.45, 7) is 6.31. The summed E-state index contributed by atoms with van der Waals surface area (Å²) in [5.41, 5.74) is 6.74. The van der Waals surface area contributed by atoms with Crippen LogP contribution in [0.1, 0.15) is 25.0 Å². The predicted molar refractivity (Wildman–Crippen MR) is 167 cm³/mol. The van der Waals surface area contributed by atoms with Crippen LogP contribution in [0.5, 0.6) is 5.75 Å². The topological polar surface area (TPSA) is 75.9 Å². The minimum absolute atomic E-state index is 0.000527. The SMILES string of the molecule is CCN(CC)c1ccc(C=NNC(=O)Cn2c3ccccc3c(=O)c3ccccc32)c(OCc2ccc(Cl)cc2)c1. The average molecular weight is 567 g/mol. The minimum atomic E-state index is -0.316. The van der Waals surface area contributed by atoms with Gasteiger partial charge in [0.05, 0.1) is 17.2 Å². The fraction of sp³-hybridized carbons (Fsp3) is 0.182. The van der Waals surface area contributed by atoms with E-state index in [1.54, 1.807) is 18.3 Å². The Morgan fingerprint density at radius 2 is 1.56 bits per heavy atom. The number of nitrogens with zero attached hydrogens (tertiary/aromatic N) is 3. The molecule has 41 heavy (non-hydrogen) atoms. The van der Waals surface area contributed by atoms with Crippen LogP contribution >= 0.6 is 11.6 Å². The van der Waals surface area contributed by atoms with Gasteiger partial charge in [0.1, 0.15) is 18.9 Å². The number of nitrogens with one attached hydrogen (secondary N) is 1. The number of ether oxygens (including phenoxy) is 1. The Labute approximate surface area is 243 Å². The van der Waals surface area contributed by atoms with E-state index < -0.39 is 0 Å². The third-order valence-corrected chi connectivity index (χ3v) is 7.26. The van der Waals surface area contributed by atoms with E-state index in [9.17, 15) is 9.59 Å².